The quantitative estimate of drug-likeness (QED) is 0.843. The first-order chi connectivity index (χ1) is 10.2. The van der Waals surface area contributed by atoms with E-state index in [0.717, 1.165) is 23.3 Å². The number of rotatable bonds is 3. The molecule has 4 heteroatoms. The fourth-order valence-corrected chi connectivity index (χ4v) is 3.31. The summed E-state index contributed by atoms with van der Waals surface area (Å²) in [6, 6.07) is 5.89. The smallest absolute Gasteiger partial charge is 0.251 e. The van der Waals surface area contributed by atoms with Crippen LogP contribution in [0.25, 0.3) is 0 Å². The highest BCUT2D eigenvalue weighted by Gasteiger charge is 2.17. The minimum Gasteiger partial charge on any atom is -0.395 e. The lowest BCUT2D eigenvalue weighted by Gasteiger charge is -2.22. The van der Waals surface area contributed by atoms with Crippen molar-refractivity contribution in [2.45, 2.75) is 32.2 Å². The lowest BCUT2D eigenvalue weighted by atomic mass is 10.0. The minimum atomic E-state index is -0.0206. The first-order valence-electron chi connectivity index (χ1n) is 7.29. The van der Waals surface area contributed by atoms with Crippen molar-refractivity contribution in [1.82, 2.24) is 5.32 Å². The van der Waals surface area contributed by atoms with E-state index in [1.807, 2.05) is 36.9 Å². The van der Waals surface area contributed by atoms with Gasteiger partial charge in [0.15, 0.2) is 0 Å². The SMILES string of the molecule is Cc1ccc(C(=O)NC2CCCSC2)cc1C#CCCO. The van der Waals surface area contributed by atoms with Gasteiger partial charge < -0.3 is 10.4 Å². The topological polar surface area (TPSA) is 49.3 Å². The van der Waals surface area contributed by atoms with Gasteiger partial charge in [0.25, 0.3) is 5.91 Å². The normalized spacial score (nSPS) is 17.7. The summed E-state index contributed by atoms with van der Waals surface area (Å²) in [5.41, 5.74) is 2.56. The van der Waals surface area contributed by atoms with Crippen molar-refractivity contribution in [3.8, 4) is 11.8 Å². The number of benzene rings is 1. The van der Waals surface area contributed by atoms with Gasteiger partial charge in [-0.05, 0) is 43.2 Å². The van der Waals surface area contributed by atoms with E-state index in [1.165, 1.54) is 12.2 Å². The number of aliphatic hydroxyl groups excluding tert-OH is 1. The molecule has 0 aliphatic carbocycles. The third kappa shape index (κ3) is 4.80. The predicted octanol–water partition coefficient (Wildman–Crippen LogP) is 2.35. The molecule has 1 heterocycles. The molecule has 1 aliphatic rings. The fourth-order valence-electron chi connectivity index (χ4n) is 2.23. The third-order valence-electron chi connectivity index (χ3n) is 3.46. The van der Waals surface area contributed by atoms with Crippen molar-refractivity contribution in [2.24, 2.45) is 0 Å². The van der Waals surface area contributed by atoms with Gasteiger partial charge in [0, 0.05) is 29.3 Å². The molecule has 2 rings (SSSR count). The second-order valence-corrected chi connectivity index (χ2v) is 6.34. The van der Waals surface area contributed by atoms with Crippen LogP contribution in [0, 0.1) is 18.8 Å². The molecule has 1 aromatic carbocycles. The average Bonchev–Trinajstić information content (AvgIpc) is 2.50. The molecule has 0 bridgehead atoms. The standard InChI is InChI=1S/C17H21NO2S/c1-13-7-8-15(11-14(13)5-2-3-9-19)17(20)18-16-6-4-10-21-12-16/h7-8,11,16,19H,3-4,6,9-10,12H2,1H3,(H,18,20). The van der Waals surface area contributed by atoms with Gasteiger partial charge in [-0.15, -0.1) is 0 Å². The first kappa shape index (κ1) is 15.9. The van der Waals surface area contributed by atoms with Crippen molar-refractivity contribution in [3.63, 3.8) is 0 Å². The molecule has 1 amide bonds. The van der Waals surface area contributed by atoms with Gasteiger partial charge in [0.2, 0.25) is 0 Å². The number of aryl methyl sites for hydroxylation is 1. The van der Waals surface area contributed by atoms with Crippen LogP contribution in [0.2, 0.25) is 0 Å². The third-order valence-corrected chi connectivity index (χ3v) is 4.67. The van der Waals surface area contributed by atoms with Crippen LogP contribution in [0.1, 0.15) is 40.7 Å². The van der Waals surface area contributed by atoms with Crippen molar-refractivity contribution in [3.05, 3.63) is 34.9 Å². The van der Waals surface area contributed by atoms with Crippen LogP contribution in [-0.4, -0.2) is 35.2 Å². The number of hydrogen-bond acceptors (Lipinski definition) is 3. The Morgan fingerprint density at radius 1 is 1.52 bits per heavy atom. The van der Waals surface area contributed by atoms with Gasteiger partial charge in [0.1, 0.15) is 0 Å². The highest BCUT2D eigenvalue weighted by Crippen LogP contribution is 2.18. The number of thioether (sulfide) groups is 1. The molecule has 21 heavy (non-hydrogen) atoms. The molecular weight excluding hydrogens is 282 g/mol. The highest BCUT2D eigenvalue weighted by atomic mass is 32.2. The molecule has 1 saturated heterocycles. The molecule has 1 fully saturated rings. The Bertz CT molecular complexity index is 554. The summed E-state index contributed by atoms with van der Waals surface area (Å²) in [5, 5.41) is 11.9. The maximum Gasteiger partial charge on any atom is 0.251 e. The van der Waals surface area contributed by atoms with Crippen molar-refractivity contribution >= 4 is 17.7 Å². The van der Waals surface area contributed by atoms with Gasteiger partial charge in [-0.25, -0.2) is 0 Å². The second-order valence-electron chi connectivity index (χ2n) is 5.19. The number of carbonyl (C=O) groups excluding carboxylic acids is 1. The number of hydrogen-bond donors (Lipinski definition) is 2. The van der Waals surface area contributed by atoms with Gasteiger partial charge in [-0.2, -0.15) is 11.8 Å². The van der Waals surface area contributed by atoms with Gasteiger partial charge in [0.05, 0.1) is 6.61 Å². The Balaban J connectivity index is 2.07. The van der Waals surface area contributed by atoms with Crippen LogP contribution < -0.4 is 5.32 Å². The first-order valence-corrected chi connectivity index (χ1v) is 8.45. The molecular formula is C17H21NO2S. The summed E-state index contributed by atoms with van der Waals surface area (Å²) < 4.78 is 0. The maximum absolute atomic E-state index is 12.3. The van der Waals surface area contributed by atoms with Crippen LogP contribution in [0.3, 0.4) is 0 Å². The number of nitrogens with one attached hydrogen (secondary N) is 1. The fraction of sp³-hybridized carbons (Fsp3) is 0.471. The molecule has 1 unspecified atom stereocenters. The van der Waals surface area contributed by atoms with Crippen LogP contribution in [-0.2, 0) is 0 Å². The van der Waals surface area contributed by atoms with E-state index in [-0.39, 0.29) is 18.6 Å². The van der Waals surface area contributed by atoms with Crippen LogP contribution in [0.5, 0.6) is 0 Å². The van der Waals surface area contributed by atoms with Crippen molar-refractivity contribution < 1.29 is 9.90 Å². The molecule has 0 saturated carbocycles. The Kier molecular flexibility index (Phi) is 6.16. The molecule has 3 nitrogen and oxygen atoms in total. The Labute approximate surface area is 130 Å². The van der Waals surface area contributed by atoms with E-state index in [9.17, 15) is 4.79 Å². The predicted molar refractivity (Wildman–Crippen MR) is 87.6 cm³/mol. The molecule has 1 atom stereocenters. The summed E-state index contributed by atoms with van der Waals surface area (Å²) in [6.07, 6.45) is 2.68. The number of carbonyl (C=O) groups is 1. The van der Waals surface area contributed by atoms with E-state index in [0.29, 0.717) is 12.0 Å². The van der Waals surface area contributed by atoms with Crippen LogP contribution in [0.15, 0.2) is 18.2 Å². The zero-order valence-electron chi connectivity index (χ0n) is 12.3. The van der Waals surface area contributed by atoms with Crippen molar-refractivity contribution in [2.75, 3.05) is 18.1 Å². The molecule has 0 spiro atoms. The summed E-state index contributed by atoms with van der Waals surface area (Å²) in [6.45, 7) is 2.04. The van der Waals surface area contributed by atoms with E-state index >= 15 is 0 Å². The molecule has 0 aromatic heterocycles. The zero-order valence-corrected chi connectivity index (χ0v) is 13.1. The zero-order chi connectivity index (χ0) is 15.1. The van der Waals surface area contributed by atoms with Gasteiger partial charge >= 0.3 is 0 Å². The lowest BCUT2D eigenvalue weighted by molar-refractivity contribution is 0.0938. The maximum atomic E-state index is 12.3. The highest BCUT2D eigenvalue weighted by molar-refractivity contribution is 7.99. The second kappa shape index (κ2) is 8.11. The molecule has 2 N–H and O–H groups in total. The van der Waals surface area contributed by atoms with Crippen LogP contribution >= 0.6 is 11.8 Å². The average molecular weight is 303 g/mol. The van der Waals surface area contributed by atoms with Crippen molar-refractivity contribution in [1.29, 1.82) is 0 Å². The Morgan fingerprint density at radius 3 is 3.10 bits per heavy atom. The summed E-state index contributed by atoms with van der Waals surface area (Å²) in [4.78, 5) is 12.3. The van der Waals surface area contributed by atoms with E-state index in [2.05, 4.69) is 17.2 Å². The monoisotopic (exact) mass is 303 g/mol. The Morgan fingerprint density at radius 2 is 2.38 bits per heavy atom. The van der Waals surface area contributed by atoms with E-state index < -0.39 is 0 Å². The summed E-state index contributed by atoms with van der Waals surface area (Å²) in [7, 11) is 0. The van der Waals surface area contributed by atoms with E-state index in [4.69, 9.17) is 5.11 Å². The largest absolute Gasteiger partial charge is 0.395 e. The molecule has 0 radical (unpaired) electrons. The molecule has 1 aliphatic heterocycles. The lowest BCUT2D eigenvalue weighted by Crippen LogP contribution is -2.38. The number of amides is 1. The van der Waals surface area contributed by atoms with Gasteiger partial charge in [-0.3, -0.25) is 4.79 Å². The molecule has 1 aromatic rings. The minimum absolute atomic E-state index is 0.0206. The number of aliphatic hydroxyl groups is 1. The summed E-state index contributed by atoms with van der Waals surface area (Å²) >= 11 is 1.90. The van der Waals surface area contributed by atoms with Gasteiger partial charge in [-0.1, -0.05) is 17.9 Å². The van der Waals surface area contributed by atoms with Crippen LogP contribution in [0.4, 0.5) is 0 Å². The van der Waals surface area contributed by atoms with E-state index in [1.54, 1.807) is 0 Å². The molecule has 112 valence electrons. The Hall–Kier alpha value is -1.44. The summed E-state index contributed by atoms with van der Waals surface area (Å²) in [5.74, 6) is 8.10.